The first-order chi connectivity index (χ1) is 16.9. The number of benzene rings is 3. The molecule has 0 atom stereocenters. The Hall–Kier alpha value is -4.33. The molecule has 0 bridgehead atoms. The van der Waals surface area contributed by atoms with Crippen LogP contribution in [0.2, 0.25) is 0 Å². The molecule has 0 aromatic heterocycles. The van der Waals surface area contributed by atoms with Gasteiger partial charge in [0.2, 0.25) is 5.91 Å². The van der Waals surface area contributed by atoms with Gasteiger partial charge in [0.1, 0.15) is 5.75 Å². The number of carbonyl (C=O) groups excluding carboxylic acids is 2. The van der Waals surface area contributed by atoms with Crippen molar-refractivity contribution in [2.24, 2.45) is 0 Å². The van der Waals surface area contributed by atoms with Crippen molar-refractivity contribution in [2.75, 3.05) is 17.2 Å². The van der Waals surface area contributed by atoms with Crippen molar-refractivity contribution < 1.29 is 24.2 Å². The van der Waals surface area contributed by atoms with Gasteiger partial charge in [0.15, 0.2) is 0 Å². The fourth-order valence-corrected chi connectivity index (χ4v) is 3.31. The third-order valence-corrected chi connectivity index (χ3v) is 5.16. The fourth-order valence-electron chi connectivity index (χ4n) is 3.31. The zero-order chi connectivity index (χ0) is 25.0. The Morgan fingerprint density at radius 3 is 2.40 bits per heavy atom. The standard InChI is InChI=1S/C27H29N3O5/c1-19-6-2-3-9-24(19)30-27(34)29-22-13-11-20(12-14-22)17-25(31)28-18-21-7-4-8-23(16-21)35-15-5-10-26(32)33/h2-4,6-9,11-14,16H,5,10,15,17-18H2,1H3,(H,28,31)(H,32,33)(H2,29,30,34). The zero-order valence-corrected chi connectivity index (χ0v) is 19.5. The van der Waals surface area contributed by atoms with Crippen molar-refractivity contribution in [1.29, 1.82) is 0 Å². The number of hydrogen-bond donors (Lipinski definition) is 4. The van der Waals surface area contributed by atoms with E-state index in [1.54, 1.807) is 30.3 Å². The van der Waals surface area contributed by atoms with Gasteiger partial charge >= 0.3 is 12.0 Å². The second kappa shape index (κ2) is 12.8. The van der Waals surface area contributed by atoms with Crippen molar-refractivity contribution in [3.8, 4) is 5.75 Å². The SMILES string of the molecule is Cc1ccccc1NC(=O)Nc1ccc(CC(=O)NCc2cccc(OCCCC(=O)O)c2)cc1. The van der Waals surface area contributed by atoms with E-state index in [-0.39, 0.29) is 24.8 Å². The van der Waals surface area contributed by atoms with E-state index in [1.807, 2.05) is 49.4 Å². The lowest BCUT2D eigenvalue weighted by atomic mass is 10.1. The smallest absolute Gasteiger partial charge is 0.323 e. The lowest BCUT2D eigenvalue weighted by Gasteiger charge is -2.11. The van der Waals surface area contributed by atoms with Crippen LogP contribution in [0.4, 0.5) is 16.2 Å². The van der Waals surface area contributed by atoms with Gasteiger partial charge < -0.3 is 25.8 Å². The fraction of sp³-hybridized carbons (Fsp3) is 0.222. The van der Waals surface area contributed by atoms with Crippen molar-refractivity contribution >= 4 is 29.3 Å². The molecule has 0 saturated carbocycles. The number of carboxylic acid groups (broad SMARTS) is 1. The van der Waals surface area contributed by atoms with Crippen LogP contribution in [0.15, 0.2) is 72.8 Å². The molecule has 0 saturated heterocycles. The van der Waals surface area contributed by atoms with Crippen LogP contribution in [0.1, 0.15) is 29.5 Å². The van der Waals surface area contributed by atoms with Crippen molar-refractivity contribution in [3.63, 3.8) is 0 Å². The molecule has 3 aromatic rings. The van der Waals surface area contributed by atoms with Crippen molar-refractivity contribution in [2.45, 2.75) is 32.7 Å². The maximum atomic E-state index is 12.4. The minimum absolute atomic E-state index is 0.0629. The summed E-state index contributed by atoms with van der Waals surface area (Å²) >= 11 is 0. The Morgan fingerprint density at radius 2 is 1.66 bits per heavy atom. The second-order valence-electron chi connectivity index (χ2n) is 8.04. The van der Waals surface area contributed by atoms with Gasteiger partial charge in [-0.3, -0.25) is 9.59 Å². The molecule has 35 heavy (non-hydrogen) atoms. The molecule has 0 heterocycles. The number of aryl methyl sites for hydroxylation is 1. The van der Waals surface area contributed by atoms with Crippen LogP contribution in [0.5, 0.6) is 5.75 Å². The van der Waals surface area contributed by atoms with Crippen LogP contribution in [-0.2, 0) is 22.6 Å². The van der Waals surface area contributed by atoms with Gasteiger partial charge in [-0.15, -0.1) is 0 Å². The molecule has 4 N–H and O–H groups in total. The molecular formula is C27H29N3O5. The van der Waals surface area contributed by atoms with Crippen LogP contribution in [0.3, 0.4) is 0 Å². The maximum absolute atomic E-state index is 12.4. The van der Waals surface area contributed by atoms with Crippen LogP contribution in [-0.4, -0.2) is 29.6 Å². The van der Waals surface area contributed by atoms with E-state index < -0.39 is 5.97 Å². The predicted molar refractivity (Wildman–Crippen MR) is 135 cm³/mol. The number of carboxylic acids is 1. The first-order valence-electron chi connectivity index (χ1n) is 11.3. The summed E-state index contributed by atoms with van der Waals surface area (Å²) in [6.45, 7) is 2.59. The number of urea groups is 1. The molecule has 3 aromatic carbocycles. The first kappa shape index (κ1) is 25.3. The molecular weight excluding hydrogens is 446 g/mol. The van der Waals surface area contributed by atoms with Gasteiger partial charge in [-0.05, 0) is 60.4 Å². The Morgan fingerprint density at radius 1 is 0.886 bits per heavy atom. The number of amides is 3. The summed E-state index contributed by atoms with van der Waals surface area (Å²) in [5.74, 6) is -0.341. The van der Waals surface area contributed by atoms with Crippen LogP contribution in [0.25, 0.3) is 0 Å². The molecule has 0 fully saturated rings. The molecule has 0 unspecified atom stereocenters. The third kappa shape index (κ3) is 8.85. The second-order valence-corrected chi connectivity index (χ2v) is 8.04. The summed E-state index contributed by atoms with van der Waals surface area (Å²) < 4.78 is 5.57. The Bertz CT molecular complexity index is 1160. The number of rotatable bonds is 11. The van der Waals surface area contributed by atoms with Crippen molar-refractivity contribution in [3.05, 3.63) is 89.5 Å². The third-order valence-electron chi connectivity index (χ3n) is 5.16. The monoisotopic (exact) mass is 475 g/mol. The molecule has 0 aliphatic heterocycles. The van der Waals surface area contributed by atoms with Gasteiger partial charge in [-0.25, -0.2) is 4.79 Å². The molecule has 0 spiro atoms. The molecule has 182 valence electrons. The molecule has 8 nitrogen and oxygen atoms in total. The maximum Gasteiger partial charge on any atom is 0.323 e. The summed E-state index contributed by atoms with van der Waals surface area (Å²) in [5, 5.41) is 17.2. The molecule has 0 aliphatic rings. The number of nitrogens with one attached hydrogen (secondary N) is 3. The molecule has 3 rings (SSSR count). The predicted octanol–water partition coefficient (Wildman–Crippen LogP) is 4.74. The molecule has 0 radical (unpaired) electrons. The van der Waals surface area contributed by atoms with Crippen LogP contribution >= 0.6 is 0 Å². The van der Waals surface area contributed by atoms with Gasteiger partial charge in [-0.2, -0.15) is 0 Å². The van der Waals surface area contributed by atoms with E-state index in [2.05, 4.69) is 16.0 Å². The largest absolute Gasteiger partial charge is 0.494 e. The lowest BCUT2D eigenvalue weighted by Crippen LogP contribution is -2.24. The minimum atomic E-state index is -0.848. The van der Waals surface area contributed by atoms with Crippen LogP contribution < -0.4 is 20.7 Å². The summed E-state index contributed by atoms with van der Waals surface area (Å²) in [4.78, 5) is 35.1. The van der Waals surface area contributed by atoms with E-state index >= 15 is 0 Å². The number of aliphatic carboxylic acids is 1. The van der Waals surface area contributed by atoms with Gasteiger partial charge in [0.05, 0.1) is 13.0 Å². The van der Waals surface area contributed by atoms with Gasteiger partial charge in [0, 0.05) is 24.3 Å². The summed E-state index contributed by atoms with van der Waals surface area (Å²) in [6, 6.07) is 21.6. The Labute approximate surface area is 204 Å². The Kier molecular flexibility index (Phi) is 9.24. The highest BCUT2D eigenvalue weighted by atomic mass is 16.5. The quantitative estimate of drug-likeness (QED) is 0.299. The molecule has 3 amide bonds. The highest BCUT2D eigenvalue weighted by Crippen LogP contribution is 2.16. The van der Waals surface area contributed by atoms with E-state index in [0.29, 0.717) is 31.0 Å². The van der Waals surface area contributed by atoms with Crippen molar-refractivity contribution in [1.82, 2.24) is 5.32 Å². The molecule has 0 aliphatic carbocycles. The minimum Gasteiger partial charge on any atom is -0.494 e. The summed E-state index contributed by atoms with van der Waals surface area (Å²) in [6.07, 6.45) is 0.705. The topological polar surface area (TPSA) is 117 Å². The van der Waals surface area contributed by atoms with E-state index in [0.717, 1.165) is 22.4 Å². The van der Waals surface area contributed by atoms with Gasteiger partial charge in [0.25, 0.3) is 0 Å². The van der Waals surface area contributed by atoms with E-state index in [4.69, 9.17) is 9.84 Å². The van der Waals surface area contributed by atoms with Gasteiger partial charge in [-0.1, -0.05) is 42.5 Å². The summed E-state index contributed by atoms with van der Waals surface area (Å²) in [7, 11) is 0. The number of anilines is 2. The van der Waals surface area contributed by atoms with Crippen LogP contribution in [0, 0.1) is 6.92 Å². The number of hydrogen-bond acceptors (Lipinski definition) is 4. The number of carbonyl (C=O) groups is 3. The van der Waals surface area contributed by atoms with E-state index in [1.165, 1.54) is 0 Å². The molecule has 8 heteroatoms. The average molecular weight is 476 g/mol. The normalized spacial score (nSPS) is 10.3. The highest BCUT2D eigenvalue weighted by Gasteiger charge is 2.07. The summed E-state index contributed by atoms with van der Waals surface area (Å²) in [5.41, 5.74) is 4.05. The average Bonchev–Trinajstić information content (AvgIpc) is 2.83. The first-order valence-corrected chi connectivity index (χ1v) is 11.3. The lowest BCUT2D eigenvalue weighted by molar-refractivity contribution is -0.137. The number of ether oxygens (including phenoxy) is 1. The zero-order valence-electron chi connectivity index (χ0n) is 19.5. The number of para-hydroxylation sites is 1. The highest BCUT2D eigenvalue weighted by molar-refractivity contribution is 6.00. The van der Waals surface area contributed by atoms with E-state index in [9.17, 15) is 14.4 Å². The Balaban J connectivity index is 1.42.